The molecule has 0 aliphatic rings. The second kappa shape index (κ2) is 8.58. The second-order valence-corrected chi connectivity index (χ2v) is 4.93. The number of ether oxygens (including phenoxy) is 3. The SMILES string of the molecule is C=CCOc1ccc(C(=O)C=Cc2cc(OC)ccc2OC)cc1. The first kappa shape index (κ1) is 17.3. The van der Waals surface area contributed by atoms with E-state index in [1.807, 2.05) is 6.07 Å². The average molecular weight is 324 g/mol. The summed E-state index contributed by atoms with van der Waals surface area (Å²) < 4.78 is 15.9. The maximum atomic E-state index is 12.3. The molecule has 0 atom stereocenters. The molecule has 2 aromatic carbocycles. The molecule has 0 aromatic heterocycles. The van der Waals surface area contributed by atoms with Gasteiger partial charge >= 0.3 is 0 Å². The van der Waals surface area contributed by atoms with E-state index in [-0.39, 0.29) is 5.78 Å². The van der Waals surface area contributed by atoms with Gasteiger partial charge in [-0.05, 0) is 54.6 Å². The number of carbonyl (C=O) groups excluding carboxylic acids is 1. The van der Waals surface area contributed by atoms with Crippen molar-refractivity contribution in [3.63, 3.8) is 0 Å². The van der Waals surface area contributed by atoms with Gasteiger partial charge in [0.2, 0.25) is 0 Å². The number of rotatable bonds is 8. The number of hydrogen-bond donors (Lipinski definition) is 0. The van der Waals surface area contributed by atoms with Gasteiger partial charge < -0.3 is 14.2 Å². The molecule has 4 nitrogen and oxygen atoms in total. The van der Waals surface area contributed by atoms with Crippen molar-refractivity contribution in [2.75, 3.05) is 20.8 Å². The molecule has 0 saturated carbocycles. The van der Waals surface area contributed by atoms with Crippen molar-refractivity contribution in [2.24, 2.45) is 0 Å². The lowest BCUT2D eigenvalue weighted by molar-refractivity contribution is 0.104. The number of methoxy groups -OCH3 is 2. The van der Waals surface area contributed by atoms with Gasteiger partial charge in [-0.2, -0.15) is 0 Å². The standard InChI is InChI=1S/C20H20O4/c1-4-13-24-17-8-5-15(6-9-17)19(21)11-7-16-14-18(22-2)10-12-20(16)23-3/h4-12,14H,1,13H2,2-3H3. The first-order valence-corrected chi connectivity index (χ1v) is 7.46. The Bertz CT molecular complexity index is 730. The Morgan fingerprint density at radius 2 is 1.75 bits per heavy atom. The summed E-state index contributed by atoms with van der Waals surface area (Å²) in [5.74, 6) is 1.97. The minimum absolute atomic E-state index is 0.102. The van der Waals surface area contributed by atoms with Gasteiger partial charge in [0.1, 0.15) is 23.9 Å². The first-order chi connectivity index (χ1) is 11.7. The Morgan fingerprint density at radius 1 is 1.04 bits per heavy atom. The number of benzene rings is 2. The molecule has 0 spiro atoms. The number of hydrogen-bond acceptors (Lipinski definition) is 4. The summed E-state index contributed by atoms with van der Waals surface area (Å²) in [5, 5.41) is 0. The van der Waals surface area contributed by atoms with E-state index in [0.717, 1.165) is 5.56 Å². The van der Waals surface area contributed by atoms with Gasteiger partial charge in [0, 0.05) is 11.1 Å². The highest BCUT2D eigenvalue weighted by atomic mass is 16.5. The molecular formula is C20H20O4. The van der Waals surface area contributed by atoms with Crippen LogP contribution in [0, 0.1) is 0 Å². The Labute approximate surface area is 142 Å². The van der Waals surface area contributed by atoms with Crippen LogP contribution in [-0.4, -0.2) is 26.6 Å². The molecule has 0 heterocycles. The third-order valence-electron chi connectivity index (χ3n) is 3.36. The molecule has 0 N–H and O–H groups in total. The van der Waals surface area contributed by atoms with Gasteiger partial charge in [0.05, 0.1) is 14.2 Å². The zero-order valence-corrected chi connectivity index (χ0v) is 13.8. The third-order valence-corrected chi connectivity index (χ3v) is 3.36. The Kier molecular flexibility index (Phi) is 6.20. The fourth-order valence-corrected chi connectivity index (χ4v) is 2.10. The van der Waals surface area contributed by atoms with Crippen LogP contribution in [0.2, 0.25) is 0 Å². The van der Waals surface area contributed by atoms with Gasteiger partial charge in [0.25, 0.3) is 0 Å². The largest absolute Gasteiger partial charge is 0.497 e. The molecular weight excluding hydrogens is 304 g/mol. The minimum atomic E-state index is -0.102. The van der Waals surface area contributed by atoms with E-state index in [2.05, 4.69) is 6.58 Å². The van der Waals surface area contributed by atoms with Gasteiger partial charge in [-0.3, -0.25) is 4.79 Å². The van der Waals surface area contributed by atoms with Crippen LogP contribution in [0.25, 0.3) is 6.08 Å². The van der Waals surface area contributed by atoms with E-state index >= 15 is 0 Å². The third kappa shape index (κ3) is 4.49. The lowest BCUT2D eigenvalue weighted by atomic mass is 10.1. The Morgan fingerprint density at radius 3 is 2.38 bits per heavy atom. The number of carbonyl (C=O) groups is 1. The van der Waals surface area contributed by atoms with Crippen molar-refractivity contribution in [1.29, 1.82) is 0 Å². The van der Waals surface area contributed by atoms with Crippen LogP contribution in [0.5, 0.6) is 17.2 Å². The van der Waals surface area contributed by atoms with Crippen LogP contribution >= 0.6 is 0 Å². The van der Waals surface area contributed by atoms with Crippen LogP contribution in [0.15, 0.2) is 61.2 Å². The van der Waals surface area contributed by atoms with Gasteiger partial charge in [-0.1, -0.05) is 12.7 Å². The fourth-order valence-electron chi connectivity index (χ4n) is 2.10. The van der Waals surface area contributed by atoms with Crippen LogP contribution in [-0.2, 0) is 0 Å². The van der Waals surface area contributed by atoms with Crippen molar-refractivity contribution in [2.45, 2.75) is 0 Å². The van der Waals surface area contributed by atoms with Gasteiger partial charge in [0.15, 0.2) is 5.78 Å². The van der Waals surface area contributed by atoms with Crippen molar-refractivity contribution >= 4 is 11.9 Å². The number of ketones is 1. The second-order valence-electron chi connectivity index (χ2n) is 4.93. The molecule has 0 aliphatic heterocycles. The Balaban J connectivity index is 2.13. The van der Waals surface area contributed by atoms with E-state index in [1.54, 1.807) is 62.8 Å². The van der Waals surface area contributed by atoms with Crippen molar-refractivity contribution in [3.05, 3.63) is 72.3 Å². The molecule has 4 heteroatoms. The molecule has 0 unspecified atom stereocenters. The quantitative estimate of drug-likeness (QED) is 0.415. The zero-order chi connectivity index (χ0) is 17.4. The maximum Gasteiger partial charge on any atom is 0.185 e. The summed E-state index contributed by atoms with van der Waals surface area (Å²) in [6, 6.07) is 12.4. The summed E-state index contributed by atoms with van der Waals surface area (Å²) in [4.78, 5) is 12.3. The number of allylic oxidation sites excluding steroid dienone is 1. The Hall–Kier alpha value is -3.01. The van der Waals surface area contributed by atoms with Crippen LogP contribution < -0.4 is 14.2 Å². The van der Waals surface area contributed by atoms with Crippen LogP contribution in [0.1, 0.15) is 15.9 Å². The van der Waals surface area contributed by atoms with E-state index in [1.165, 1.54) is 6.08 Å². The van der Waals surface area contributed by atoms with Crippen LogP contribution in [0.4, 0.5) is 0 Å². The molecule has 2 rings (SSSR count). The van der Waals surface area contributed by atoms with E-state index < -0.39 is 0 Å². The highest BCUT2D eigenvalue weighted by molar-refractivity contribution is 6.07. The zero-order valence-electron chi connectivity index (χ0n) is 13.8. The highest BCUT2D eigenvalue weighted by Gasteiger charge is 2.05. The van der Waals surface area contributed by atoms with E-state index in [4.69, 9.17) is 14.2 Å². The lowest BCUT2D eigenvalue weighted by Crippen LogP contribution is -1.96. The molecule has 0 saturated heterocycles. The summed E-state index contributed by atoms with van der Waals surface area (Å²) in [5.41, 5.74) is 1.36. The summed E-state index contributed by atoms with van der Waals surface area (Å²) >= 11 is 0. The normalized spacial score (nSPS) is 10.4. The van der Waals surface area contributed by atoms with Gasteiger partial charge in [-0.15, -0.1) is 0 Å². The van der Waals surface area contributed by atoms with Crippen LogP contribution in [0.3, 0.4) is 0 Å². The fraction of sp³-hybridized carbons (Fsp3) is 0.150. The summed E-state index contributed by atoms with van der Waals surface area (Å²) in [6.45, 7) is 4.03. The smallest absolute Gasteiger partial charge is 0.185 e. The molecule has 0 radical (unpaired) electrons. The molecule has 124 valence electrons. The highest BCUT2D eigenvalue weighted by Crippen LogP contribution is 2.25. The molecule has 0 fully saturated rings. The van der Waals surface area contributed by atoms with E-state index in [9.17, 15) is 4.79 Å². The topological polar surface area (TPSA) is 44.8 Å². The molecule has 0 aliphatic carbocycles. The first-order valence-electron chi connectivity index (χ1n) is 7.46. The minimum Gasteiger partial charge on any atom is -0.497 e. The lowest BCUT2D eigenvalue weighted by Gasteiger charge is -2.07. The molecule has 24 heavy (non-hydrogen) atoms. The molecule has 2 aromatic rings. The molecule has 0 amide bonds. The van der Waals surface area contributed by atoms with Gasteiger partial charge in [-0.25, -0.2) is 0 Å². The summed E-state index contributed by atoms with van der Waals surface area (Å²) in [7, 11) is 3.18. The average Bonchev–Trinajstić information content (AvgIpc) is 2.64. The maximum absolute atomic E-state index is 12.3. The monoisotopic (exact) mass is 324 g/mol. The molecule has 0 bridgehead atoms. The predicted octanol–water partition coefficient (Wildman–Crippen LogP) is 4.16. The van der Waals surface area contributed by atoms with E-state index in [0.29, 0.717) is 29.4 Å². The van der Waals surface area contributed by atoms with Crippen molar-refractivity contribution in [3.8, 4) is 17.2 Å². The van der Waals surface area contributed by atoms with Crippen molar-refractivity contribution < 1.29 is 19.0 Å². The van der Waals surface area contributed by atoms with Crippen molar-refractivity contribution in [1.82, 2.24) is 0 Å². The summed E-state index contributed by atoms with van der Waals surface area (Å²) in [6.07, 6.45) is 4.89. The predicted molar refractivity (Wildman–Crippen MR) is 95.0 cm³/mol.